The molecule has 1 heterocycles. The van der Waals surface area contributed by atoms with Gasteiger partial charge in [-0.2, -0.15) is 0 Å². The van der Waals surface area contributed by atoms with Crippen molar-refractivity contribution in [3.05, 3.63) is 47.5 Å². The largest absolute Gasteiger partial charge is 0.326 e. The molecule has 1 aliphatic heterocycles. The third-order valence-corrected chi connectivity index (χ3v) is 8.94. The van der Waals surface area contributed by atoms with Crippen molar-refractivity contribution in [1.29, 1.82) is 0 Å². The monoisotopic (exact) mass is 466 g/mol. The fourth-order valence-electron chi connectivity index (χ4n) is 6.58. The predicted molar refractivity (Wildman–Crippen MR) is 142 cm³/mol. The summed E-state index contributed by atoms with van der Waals surface area (Å²) in [7, 11) is 2.39. The number of nitrogens with zero attached hydrogens (tertiary/aromatic N) is 1. The van der Waals surface area contributed by atoms with Gasteiger partial charge in [-0.15, -0.1) is 0 Å². The Bertz CT molecular complexity index is 883. The normalized spacial score (nSPS) is 28.5. The number of rotatable bonds is 10. The topological polar surface area (TPSA) is 34.1 Å². The second kappa shape index (κ2) is 10.9. The highest BCUT2D eigenvalue weighted by Gasteiger charge is 2.40. The van der Waals surface area contributed by atoms with Crippen molar-refractivity contribution >= 4 is 11.6 Å². The number of allylic oxidation sites excluding steroid dienone is 1. The Hall–Kier alpha value is -1.74. The molecule has 5 atom stereocenters. The quantitative estimate of drug-likeness (QED) is 0.213. The van der Waals surface area contributed by atoms with Gasteiger partial charge in [0.15, 0.2) is 5.78 Å². The van der Waals surface area contributed by atoms with E-state index in [1.54, 1.807) is 0 Å². The molecule has 188 valence electrons. The fourth-order valence-corrected chi connectivity index (χ4v) is 6.58. The Labute approximate surface area is 208 Å². The molecule has 1 aliphatic carbocycles. The molecule has 34 heavy (non-hydrogen) atoms. The first-order valence-electron chi connectivity index (χ1n) is 13.6. The Kier molecular flexibility index (Phi) is 8.61. The Morgan fingerprint density at radius 1 is 1.18 bits per heavy atom. The van der Waals surface area contributed by atoms with E-state index in [-0.39, 0.29) is 34.7 Å². The average molecular weight is 467 g/mol. The van der Waals surface area contributed by atoms with Gasteiger partial charge in [0.1, 0.15) is 5.78 Å². The highest BCUT2D eigenvalue weighted by Crippen LogP contribution is 2.44. The first kappa shape index (κ1) is 26.9. The minimum absolute atomic E-state index is 0.0255. The van der Waals surface area contributed by atoms with Gasteiger partial charge in [0.05, 0.1) is 26.7 Å². The number of carbonyl (C=O) groups excluding carboxylic acids is 2. The molecular formula is C31H48NO2+. The number of Topliss-reactive ketones (excluding diaryl/α,β-unsaturated/α-hetero) is 2. The molecule has 0 spiro atoms. The molecular weight excluding hydrogens is 418 g/mol. The molecule has 3 rings (SSSR count). The van der Waals surface area contributed by atoms with Crippen LogP contribution in [0.4, 0.5) is 0 Å². The minimum atomic E-state index is -0.170. The molecule has 2 aliphatic rings. The average Bonchev–Trinajstić information content (AvgIpc) is 3.10. The van der Waals surface area contributed by atoms with Crippen LogP contribution < -0.4 is 0 Å². The van der Waals surface area contributed by atoms with Crippen LogP contribution in [0.2, 0.25) is 0 Å². The molecule has 0 bridgehead atoms. The summed E-state index contributed by atoms with van der Waals surface area (Å²) in [5.41, 5.74) is 3.13. The van der Waals surface area contributed by atoms with Crippen LogP contribution in [0.5, 0.6) is 0 Å². The van der Waals surface area contributed by atoms with E-state index < -0.39 is 0 Å². The molecule has 0 N–H and O–H groups in total. The molecule has 2 fully saturated rings. The number of hydrogen-bond donors (Lipinski definition) is 0. The maximum atomic E-state index is 13.2. The summed E-state index contributed by atoms with van der Waals surface area (Å²) >= 11 is 0. The summed E-state index contributed by atoms with van der Waals surface area (Å²) in [4.78, 5) is 26.4. The van der Waals surface area contributed by atoms with Crippen molar-refractivity contribution in [2.75, 3.05) is 26.7 Å². The van der Waals surface area contributed by atoms with E-state index in [9.17, 15) is 9.59 Å². The zero-order valence-electron chi connectivity index (χ0n) is 22.7. The summed E-state index contributed by atoms with van der Waals surface area (Å²) in [5.74, 6) is 1.05. The van der Waals surface area contributed by atoms with Crippen LogP contribution >= 0.6 is 0 Å². The molecule has 3 heteroatoms. The number of hydrogen-bond acceptors (Lipinski definition) is 2. The van der Waals surface area contributed by atoms with E-state index >= 15 is 0 Å². The summed E-state index contributed by atoms with van der Waals surface area (Å²) in [6.45, 7) is 18.8. The van der Waals surface area contributed by atoms with Crippen molar-refractivity contribution in [2.45, 2.75) is 79.6 Å². The van der Waals surface area contributed by atoms with Crippen LogP contribution in [-0.4, -0.2) is 42.7 Å². The Morgan fingerprint density at radius 2 is 1.85 bits per heavy atom. The predicted octanol–water partition coefficient (Wildman–Crippen LogP) is 6.90. The summed E-state index contributed by atoms with van der Waals surface area (Å²) < 4.78 is 1.21. The van der Waals surface area contributed by atoms with Crippen LogP contribution in [-0.2, 0) is 11.2 Å². The molecule has 1 saturated carbocycles. The highest BCUT2D eigenvalue weighted by molar-refractivity contribution is 5.98. The lowest BCUT2D eigenvalue weighted by atomic mass is 9.64. The zero-order chi connectivity index (χ0) is 25.1. The maximum absolute atomic E-state index is 13.2. The van der Waals surface area contributed by atoms with Gasteiger partial charge < -0.3 is 4.48 Å². The Balaban J connectivity index is 1.52. The van der Waals surface area contributed by atoms with Gasteiger partial charge in [-0.1, -0.05) is 71.0 Å². The van der Waals surface area contributed by atoms with Crippen molar-refractivity contribution in [2.24, 2.45) is 29.1 Å². The molecule has 3 nitrogen and oxygen atoms in total. The number of likely N-dealkylation sites (tertiary alicyclic amines) is 1. The standard InChI is InChI=1S/C31H48NO2/c1-22-16-19-32(7,21-22)18-9-11-26-12-14-27(15-13-26)30(34)25(4)24(3)20-28(33)29-23(2)10-8-17-31(29,5)6/h12-15,22,24-25,29H,2,8-11,16-21H2,1,3-7H3/q+1. The fraction of sp³-hybridized carbons (Fsp3) is 0.677. The number of quaternary nitrogens is 1. The molecule has 0 aromatic heterocycles. The van der Waals surface area contributed by atoms with E-state index in [1.807, 2.05) is 19.1 Å². The first-order valence-corrected chi connectivity index (χ1v) is 13.6. The SMILES string of the molecule is C=C1CCCC(C)(C)C1C(=O)CC(C)C(C)C(=O)c1ccc(CCC[N+]2(C)CCC(C)C2)cc1. The second-order valence-electron chi connectivity index (χ2n) is 12.7. The van der Waals surface area contributed by atoms with Crippen molar-refractivity contribution in [1.82, 2.24) is 0 Å². The lowest BCUT2D eigenvalue weighted by molar-refractivity contribution is -0.899. The third kappa shape index (κ3) is 6.47. The van der Waals surface area contributed by atoms with Crippen LogP contribution in [0, 0.1) is 29.1 Å². The van der Waals surface area contributed by atoms with Crippen LogP contribution in [0.25, 0.3) is 0 Å². The molecule has 1 aromatic carbocycles. The number of carbonyl (C=O) groups is 2. The summed E-state index contributed by atoms with van der Waals surface area (Å²) in [6, 6.07) is 8.22. The van der Waals surface area contributed by atoms with Crippen molar-refractivity contribution in [3.8, 4) is 0 Å². The lowest BCUT2D eigenvalue weighted by Crippen LogP contribution is -2.42. The second-order valence-corrected chi connectivity index (χ2v) is 12.7. The number of benzene rings is 1. The third-order valence-electron chi connectivity index (χ3n) is 8.94. The van der Waals surface area contributed by atoms with Gasteiger partial charge in [-0.25, -0.2) is 0 Å². The summed E-state index contributed by atoms with van der Waals surface area (Å²) in [6.07, 6.45) is 7.19. The molecule has 0 radical (unpaired) electrons. The van der Waals surface area contributed by atoms with E-state index in [0.717, 1.165) is 42.7 Å². The maximum Gasteiger partial charge on any atom is 0.165 e. The smallest absolute Gasteiger partial charge is 0.165 e. The highest BCUT2D eigenvalue weighted by atomic mass is 16.1. The van der Waals surface area contributed by atoms with Gasteiger partial charge in [0, 0.05) is 42.6 Å². The number of ketones is 2. The van der Waals surface area contributed by atoms with Gasteiger partial charge in [0.25, 0.3) is 0 Å². The van der Waals surface area contributed by atoms with Crippen LogP contribution in [0.3, 0.4) is 0 Å². The Morgan fingerprint density at radius 3 is 2.44 bits per heavy atom. The molecule has 5 unspecified atom stereocenters. The van der Waals surface area contributed by atoms with E-state index in [0.29, 0.717) is 6.42 Å². The van der Waals surface area contributed by atoms with Crippen molar-refractivity contribution in [3.63, 3.8) is 0 Å². The van der Waals surface area contributed by atoms with Gasteiger partial charge in [-0.3, -0.25) is 9.59 Å². The van der Waals surface area contributed by atoms with Crippen LogP contribution in [0.15, 0.2) is 36.4 Å². The van der Waals surface area contributed by atoms with E-state index in [4.69, 9.17) is 0 Å². The molecule has 1 saturated heterocycles. The van der Waals surface area contributed by atoms with Gasteiger partial charge in [0.2, 0.25) is 0 Å². The van der Waals surface area contributed by atoms with Gasteiger partial charge >= 0.3 is 0 Å². The first-order chi connectivity index (χ1) is 15.9. The van der Waals surface area contributed by atoms with E-state index in [2.05, 4.69) is 53.5 Å². The van der Waals surface area contributed by atoms with Gasteiger partial charge in [-0.05, 0) is 42.6 Å². The zero-order valence-corrected chi connectivity index (χ0v) is 22.7. The van der Waals surface area contributed by atoms with E-state index in [1.165, 1.54) is 42.5 Å². The van der Waals surface area contributed by atoms with Crippen molar-refractivity contribution < 1.29 is 14.1 Å². The molecule has 1 aromatic rings. The molecule has 0 amide bonds. The summed E-state index contributed by atoms with van der Waals surface area (Å²) in [5, 5.41) is 0. The lowest BCUT2D eigenvalue weighted by Gasteiger charge is -2.39. The number of aryl methyl sites for hydroxylation is 1. The minimum Gasteiger partial charge on any atom is -0.326 e. The van der Waals surface area contributed by atoms with Crippen LogP contribution in [0.1, 0.15) is 89.1 Å².